The third-order valence-corrected chi connectivity index (χ3v) is 4.37. The van der Waals surface area contributed by atoms with Crippen LogP contribution in [0.3, 0.4) is 0 Å². The molecule has 0 aliphatic heterocycles. The quantitative estimate of drug-likeness (QED) is 0.285. The SMILES string of the molecule is COc1ccnc(-c2[c-]c(C)ccc2)c1.COc1ccnc(-c2[c-]c(C)ccc2)c1.[Pt+2]. The normalized spacial score (nSPS) is 9.68. The summed E-state index contributed by atoms with van der Waals surface area (Å²) in [7, 11) is 3.30. The Morgan fingerprint density at radius 2 is 1.06 bits per heavy atom. The second kappa shape index (κ2) is 12.0. The molecule has 31 heavy (non-hydrogen) atoms. The van der Waals surface area contributed by atoms with Gasteiger partial charge >= 0.3 is 21.1 Å². The van der Waals surface area contributed by atoms with Gasteiger partial charge in [-0.3, -0.25) is 0 Å². The average Bonchev–Trinajstić information content (AvgIpc) is 2.79. The van der Waals surface area contributed by atoms with E-state index in [0.29, 0.717) is 0 Å². The summed E-state index contributed by atoms with van der Waals surface area (Å²) in [6, 6.07) is 26.0. The molecule has 4 nitrogen and oxygen atoms in total. The van der Waals surface area contributed by atoms with E-state index in [4.69, 9.17) is 9.47 Å². The first-order chi connectivity index (χ1) is 14.6. The van der Waals surface area contributed by atoms with Crippen LogP contribution in [-0.2, 0) is 21.1 Å². The maximum atomic E-state index is 5.15. The maximum absolute atomic E-state index is 5.15. The zero-order valence-electron chi connectivity index (χ0n) is 18.0. The van der Waals surface area contributed by atoms with Gasteiger partial charge in [0.1, 0.15) is 11.5 Å². The van der Waals surface area contributed by atoms with Gasteiger partial charge in [-0.1, -0.05) is 13.8 Å². The maximum Gasteiger partial charge on any atom is 2.00 e. The van der Waals surface area contributed by atoms with E-state index in [-0.39, 0.29) is 21.1 Å². The van der Waals surface area contributed by atoms with Crippen molar-refractivity contribution in [3.05, 3.63) is 96.3 Å². The van der Waals surface area contributed by atoms with E-state index in [1.54, 1.807) is 26.6 Å². The van der Waals surface area contributed by atoms with Crippen LogP contribution in [0.4, 0.5) is 0 Å². The molecule has 5 heteroatoms. The molecule has 0 aliphatic carbocycles. The predicted octanol–water partition coefficient (Wildman–Crippen LogP) is 5.73. The third kappa shape index (κ3) is 7.04. The van der Waals surface area contributed by atoms with Gasteiger partial charge in [-0.25, -0.2) is 0 Å². The molecule has 4 rings (SSSR count). The summed E-state index contributed by atoms with van der Waals surface area (Å²) in [4.78, 5) is 8.57. The molecule has 0 spiro atoms. The summed E-state index contributed by atoms with van der Waals surface area (Å²) in [6.07, 6.45) is 3.48. The topological polar surface area (TPSA) is 44.2 Å². The largest absolute Gasteiger partial charge is 2.00 e. The first kappa shape index (κ1) is 24.3. The van der Waals surface area contributed by atoms with Gasteiger partial charge in [-0.2, -0.15) is 0 Å². The van der Waals surface area contributed by atoms with Crippen molar-refractivity contribution in [3.63, 3.8) is 0 Å². The number of benzene rings is 2. The van der Waals surface area contributed by atoms with Crippen LogP contribution in [0.15, 0.2) is 73.1 Å². The summed E-state index contributed by atoms with van der Waals surface area (Å²) < 4.78 is 10.3. The standard InChI is InChI=1S/2C13H12NO.Pt/c2*1-10-4-3-5-11(8-10)13-9-12(15-2)6-7-14-13;/h2*3-7,9H,1-2H3;/q2*-1;+2. The Kier molecular flexibility index (Phi) is 9.42. The zero-order chi connectivity index (χ0) is 21.3. The molecular formula is C26H24N2O2Pt. The molecule has 0 bridgehead atoms. The van der Waals surface area contributed by atoms with Gasteiger partial charge < -0.3 is 19.4 Å². The van der Waals surface area contributed by atoms with Gasteiger partial charge in [0, 0.05) is 12.4 Å². The molecule has 2 heterocycles. The van der Waals surface area contributed by atoms with Crippen molar-refractivity contribution in [1.82, 2.24) is 9.97 Å². The molecule has 0 saturated heterocycles. The molecule has 4 aromatic rings. The molecule has 160 valence electrons. The molecule has 0 saturated carbocycles. The molecule has 0 radical (unpaired) electrons. The Hall–Kier alpha value is -2.97. The van der Waals surface area contributed by atoms with Crippen LogP contribution >= 0.6 is 0 Å². The predicted molar refractivity (Wildman–Crippen MR) is 120 cm³/mol. The summed E-state index contributed by atoms with van der Waals surface area (Å²) in [5.41, 5.74) is 5.98. The second-order valence-electron chi connectivity index (χ2n) is 6.66. The van der Waals surface area contributed by atoms with Crippen LogP contribution in [0.5, 0.6) is 11.5 Å². The van der Waals surface area contributed by atoms with Crippen LogP contribution in [0, 0.1) is 26.0 Å². The van der Waals surface area contributed by atoms with Crippen molar-refractivity contribution in [2.24, 2.45) is 0 Å². The Morgan fingerprint density at radius 1 is 0.645 bits per heavy atom. The van der Waals surface area contributed by atoms with E-state index >= 15 is 0 Å². The van der Waals surface area contributed by atoms with Gasteiger partial charge in [0.25, 0.3) is 0 Å². The number of methoxy groups -OCH3 is 2. The van der Waals surface area contributed by atoms with E-state index in [1.807, 2.05) is 74.5 Å². The molecule has 2 aromatic heterocycles. The fourth-order valence-corrected chi connectivity index (χ4v) is 2.84. The number of hydrogen-bond acceptors (Lipinski definition) is 4. The first-order valence-corrected chi connectivity index (χ1v) is 9.58. The fourth-order valence-electron chi connectivity index (χ4n) is 2.84. The molecule has 0 aliphatic rings. The van der Waals surface area contributed by atoms with Crippen LogP contribution in [0.2, 0.25) is 0 Å². The molecule has 0 unspecified atom stereocenters. The fraction of sp³-hybridized carbons (Fsp3) is 0.154. The molecule has 0 N–H and O–H groups in total. The number of aromatic nitrogens is 2. The second-order valence-corrected chi connectivity index (χ2v) is 6.66. The number of ether oxygens (including phenoxy) is 2. The Bertz CT molecular complexity index is 1030. The van der Waals surface area contributed by atoms with Crippen molar-refractivity contribution < 1.29 is 30.5 Å². The number of hydrogen-bond donors (Lipinski definition) is 0. The van der Waals surface area contributed by atoms with Gasteiger partial charge in [-0.15, -0.1) is 70.8 Å². The summed E-state index contributed by atoms with van der Waals surface area (Å²) in [5, 5.41) is 0. The van der Waals surface area contributed by atoms with Crippen LogP contribution in [0.1, 0.15) is 11.1 Å². The number of pyridine rings is 2. The van der Waals surface area contributed by atoms with E-state index in [2.05, 4.69) is 22.1 Å². The first-order valence-electron chi connectivity index (χ1n) is 9.58. The van der Waals surface area contributed by atoms with E-state index < -0.39 is 0 Å². The summed E-state index contributed by atoms with van der Waals surface area (Å²) in [5.74, 6) is 1.63. The van der Waals surface area contributed by atoms with Gasteiger partial charge in [0.15, 0.2) is 0 Å². The summed E-state index contributed by atoms with van der Waals surface area (Å²) >= 11 is 0. The molecule has 0 fully saturated rings. The van der Waals surface area contributed by atoms with Crippen molar-refractivity contribution >= 4 is 0 Å². The van der Waals surface area contributed by atoms with E-state index in [1.165, 1.54) is 0 Å². The minimum atomic E-state index is 0. The zero-order valence-corrected chi connectivity index (χ0v) is 20.2. The molecule has 0 atom stereocenters. The smallest absolute Gasteiger partial charge is 0.497 e. The average molecular weight is 592 g/mol. The molecule has 2 aromatic carbocycles. The summed E-state index contributed by atoms with van der Waals surface area (Å²) in [6.45, 7) is 4.04. The third-order valence-electron chi connectivity index (χ3n) is 4.37. The van der Waals surface area contributed by atoms with Crippen LogP contribution < -0.4 is 9.47 Å². The van der Waals surface area contributed by atoms with Crippen molar-refractivity contribution in [2.75, 3.05) is 14.2 Å². The monoisotopic (exact) mass is 591 g/mol. The van der Waals surface area contributed by atoms with Crippen LogP contribution in [0.25, 0.3) is 22.5 Å². The minimum Gasteiger partial charge on any atom is -0.497 e. The Labute approximate surface area is 198 Å². The number of rotatable bonds is 4. The molecular weight excluding hydrogens is 567 g/mol. The van der Waals surface area contributed by atoms with Crippen molar-refractivity contribution in [2.45, 2.75) is 13.8 Å². The van der Waals surface area contributed by atoms with Crippen molar-refractivity contribution in [1.29, 1.82) is 0 Å². The number of nitrogens with zero attached hydrogens (tertiary/aromatic N) is 2. The Morgan fingerprint density at radius 3 is 1.42 bits per heavy atom. The van der Waals surface area contributed by atoms with Crippen LogP contribution in [-0.4, -0.2) is 24.2 Å². The van der Waals surface area contributed by atoms with Crippen molar-refractivity contribution in [3.8, 4) is 34.0 Å². The molecule has 0 amide bonds. The van der Waals surface area contributed by atoms with E-state index in [0.717, 1.165) is 45.1 Å². The van der Waals surface area contributed by atoms with Gasteiger partial charge in [0.05, 0.1) is 14.2 Å². The van der Waals surface area contributed by atoms with Gasteiger partial charge in [0.2, 0.25) is 0 Å². The minimum absolute atomic E-state index is 0. The van der Waals surface area contributed by atoms with Gasteiger partial charge in [-0.05, 0) is 35.7 Å². The van der Waals surface area contributed by atoms with E-state index in [9.17, 15) is 0 Å². The Balaban J connectivity index is 0.000000213. The number of aryl methyl sites for hydroxylation is 2.